The molecule has 2 aliphatic rings. The Balaban J connectivity index is 0.00000101. The van der Waals surface area contributed by atoms with Crippen LogP contribution in [0.15, 0.2) is 0 Å². The van der Waals surface area contributed by atoms with E-state index >= 15 is 0 Å². The van der Waals surface area contributed by atoms with Crippen LogP contribution in [0.4, 0.5) is 0 Å². The van der Waals surface area contributed by atoms with Crippen molar-refractivity contribution in [1.82, 2.24) is 25.3 Å². The highest BCUT2D eigenvalue weighted by molar-refractivity contribution is 5.96. The summed E-state index contributed by atoms with van der Waals surface area (Å²) in [7, 11) is 2.08. The Morgan fingerprint density at radius 1 is 1.20 bits per heavy atom. The standard InChI is InChI=1S/C19H31N5O3.CH2O2/c1-12-17(13(2)22-21-12)18(26)20-15-6-5-14(11-16(15)25)19(27)24-8-4-7-23(3)9-10-24;2-1-3/h14-16,25H,4-11H2,1-3H3,(H,20,26)(H,21,22);1H,(H,2,3)/t14-,15-,16-;/m0./s1. The molecule has 1 saturated carbocycles. The van der Waals surface area contributed by atoms with E-state index in [9.17, 15) is 14.7 Å². The Morgan fingerprint density at radius 3 is 2.50 bits per heavy atom. The monoisotopic (exact) mass is 423 g/mol. The fourth-order valence-electron chi connectivity index (χ4n) is 4.19. The minimum atomic E-state index is -0.709. The molecule has 0 aromatic carbocycles. The molecule has 10 heteroatoms. The van der Waals surface area contributed by atoms with E-state index in [1.54, 1.807) is 13.8 Å². The molecule has 2 amide bonds. The highest BCUT2D eigenvalue weighted by atomic mass is 16.3. The summed E-state index contributed by atoms with van der Waals surface area (Å²) in [5, 5.41) is 27.2. The minimum absolute atomic E-state index is 0.149. The summed E-state index contributed by atoms with van der Waals surface area (Å²) in [6.45, 7) is 6.78. The first kappa shape index (κ1) is 23.8. The number of aryl methyl sites for hydroxylation is 2. The molecule has 1 saturated heterocycles. The lowest BCUT2D eigenvalue weighted by molar-refractivity contribution is -0.138. The number of H-pyrrole nitrogens is 1. The van der Waals surface area contributed by atoms with Crippen molar-refractivity contribution in [3.63, 3.8) is 0 Å². The van der Waals surface area contributed by atoms with Gasteiger partial charge in [0, 0.05) is 31.2 Å². The number of carboxylic acid groups (broad SMARTS) is 1. The SMILES string of the molecule is Cc1n[nH]c(C)c1C(=O)N[C@H]1CC[C@H](C(=O)N2CCCN(C)CC2)C[C@@H]1O.O=CO. The maximum atomic E-state index is 12.9. The third-order valence-electron chi connectivity index (χ3n) is 5.87. The summed E-state index contributed by atoms with van der Waals surface area (Å²) in [4.78, 5) is 37.9. The van der Waals surface area contributed by atoms with Crippen molar-refractivity contribution in [2.24, 2.45) is 5.92 Å². The smallest absolute Gasteiger partial charge is 0.290 e. The summed E-state index contributed by atoms with van der Waals surface area (Å²) in [5.74, 6) is -0.229. The second kappa shape index (κ2) is 11.1. The van der Waals surface area contributed by atoms with Gasteiger partial charge in [0.1, 0.15) is 0 Å². The summed E-state index contributed by atoms with van der Waals surface area (Å²) >= 11 is 0. The highest BCUT2D eigenvalue weighted by Crippen LogP contribution is 2.27. The van der Waals surface area contributed by atoms with Crippen LogP contribution in [0.2, 0.25) is 0 Å². The number of carbonyl (C=O) groups is 3. The van der Waals surface area contributed by atoms with Crippen molar-refractivity contribution in [1.29, 1.82) is 0 Å². The van der Waals surface area contributed by atoms with Crippen LogP contribution in [-0.4, -0.2) is 93.9 Å². The van der Waals surface area contributed by atoms with Gasteiger partial charge in [-0.25, -0.2) is 0 Å². The summed E-state index contributed by atoms with van der Waals surface area (Å²) in [5.41, 5.74) is 1.90. The third kappa shape index (κ3) is 6.02. The molecule has 168 valence electrons. The van der Waals surface area contributed by atoms with Gasteiger partial charge in [0.25, 0.3) is 12.4 Å². The van der Waals surface area contributed by atoms with Gasteiger partial charge < -0.3 is 25.3 Å². The number of aliphatic hydroxyl groups excluding tert-OH is 1. The lowest BCUT2D eigenvalue weighted by atomic mass is 9.83. The van der Waals surface area contributed by atoms with Crippen molar-refractivity contribution in [3.8, 4) is 0 Å². The van der Waals surface area contributed by atoms with Gasteiger partial charge in [-0.05, 0) is 53.1 Å². The quantitative estimate of drug-likeness (QED) is 0.508. The Kier molecular flexibility index (Phi) is 8.79. The van der Waals surface area contributed by atoms with E-state index < -0.39 is 6.10 Å². The Bertz CT molecular complexity index is 718. The van der Waals surface area contributed by atoms with E-state index in [0.717, 1.165) is 38.3 Å². The molecule has 0 spiro atoms. The zero-order chi connectivity index (χ0) is 22.3. The van der Waals surface area contributed by atoms with Crippen molar-refractivity contribution in [2.75, 3.05) is 33.2 Å². The van der Waals surface area contributed by atoms with Gasteiger partial charge in [-0.1, -0.05) is 0 Å². The summed E-state index contributed by atoms with van der Waals surface area (Å²) in [6, 6.07) is -0.328. The lowest BCUT2D eigenvalue weighted by Gasteiger charge is -2.35. The third-order valence-corrected chi connectivity index (χ3v) is 5.87. The molecule has 0 unspecified atom stereocenters. The normalized spacial score (nSPS) is 24.9. The number of aromatic amines is 1. The molecule has 10 nitrogen and oxygen atoms in total. The molecule has 3 atom stereocenters. The van der Waals surface area contributed by atoms with E-state index in [4.69, 9.17) is 9.90 Å². The number of likely N-dealkylation sites (N-methyl/N-ethyl adjacent to an activating group) is 1. The van der Waals surface area contributed by atoms with Gasteiger partial charge in [-0.15, -0.1) is 0 Å². The fraction of sp³-hybridized carbons (Fsp3) is 0.700. The van der Waals surface area contributed by atoms with Gasteiger partial charge in [0.2, 0.25) is 5.91 Å². The molecular formula is C20H33N5O5. The van der Waals surface area contributed by atoms with Crippen LogP contribution in [0.5, 0.6) is 0 Å². The average Bonchev–Trinajstić information content (AvgIpc) is 2.89. The number of hydrogen-bond acceptors (Lipinski definition) is 6. The highest BCUT2D eigenvalue weighted by Gasteiger charge is 2.36. The van der Waals surface area contributed by atoms with Crippen LogP contribution in [0.3, 0.4) is 0 Å². The molecule has 2 fully saturated rings. The van der Waals surface area contributed by atoms with Crippen LogP contribution in [-0.2, 0) is 9.59 Å². The molecule has 2 heterocycles. The van der Waals surface area contributed by atoms with Gasteiger partial charge in [0.15, 0.2) is 0 Å². The van der Waals surface area contributed by atoms with Gasteiger partial charge in [-0.3, -0.25) is 19.5 Å². The Hall–Kier alpha value is -2.46. The fourth-order valence-corrected chi connectivity index (χ4v) is 4.19. The Labute approximate surface area is 176 Å². The molecule has 30 heavy (non-hydrogen) atoms. The molecule has 1 aromatic heterocycles. The second-order valence-corrected chi connectivity index (χ2v) is 8.05. The lowest BCUT2D eigenvalue weighted by Crippen LogP contribution is -2.50. The first-order valence-electron chi connectivity index (χ1n) is 10.3. The molecule has 0 bridgehead atoms. The van der Waals surface area contributed by atoms with Gasteiger partial charge >= 0.3 is 0 Å². The zero-order valence-corrected chi connectivity index (χ0v) is 17.9. The van der Waals surface area contributed by atoms with Gasteiger partial charge in [0.05, 0.1) is 23.4 Å². The first-order valence-corrected chi connectivity index (χ1v) is 10.3. The Morgan fingerprint density at radius 2 is 1.90 bits per heavy atom. The van der Waals surface area contributed by atoms with Crippen LogP contribution >= 0.6 is 0 Å². The van der Waals surface area contributed by atoms with Crippen molar-refractivity contribution < 1.29 is 24.6 Å². The first-order chi connectivity index (χ1) is 14.3. The van der Waals surface area contributed by atoms with Crippen LogP contribution in [0.25, 0.3) is 0 Å². The van der Waals surface area contributed by atoms with E-state index in [1.807, 2.05) is 4.90 Å². The molecule has 1 aromatic rings. The predicted octanol–water partition coefficient (Wildman–Crippen LogP) is 0.151. The van der Waals surface area contributed by atoms with Crippen LogP contribution < -0.4 is 5.32 Å². The van der Waals surface area contributed by atoms with Crippen molar-refractivity contribution in [2.45, 2.75) is 51.7 Å². The molecular weight excluding hydrogens is 390 g/mol. The number of nitrogens with one attached hydrogen (secondary N) is 2. The molecule has 3 rings (SSSR count). The topological polar surface area (TPSA) is 139 Å². The van der Waals surface area contributed by atoms with Crippen molar-refractivity contribution in [3.05, 3.63) is 17.0 Å². The largest absolute Gasteiger partial charge is 0.483 e. The van der Waals surface area contributed by atoms with Crippen LogP contribution in [0.1, 0.15) is 47.4 Å². The van der Waals surface area contributed by atoms with E-state index in [-0.39, 0.29) is 30.2 Å². The van der Waals surface area contributed by atoms with E-state index in [0.29, 0.717) is 30.5 Å². The number of aromatic nitrogens is 2. The van der Waals surface area contributed by atoms with Gasteiger partial charge in [-0.2, -0.15) is 5.10 Å². The number of rotatable bonds is 3. The number of aliphatic hydroxyl groups is 1. The van der Waals surface area contributed by atoms with E-state index in [2.05, 4.69) is 27.5 Å². The minimum Gasteiger partial charge on any atom is -0.483 e. The molecule has 1 aliphatic heterocycles. The number of hydrogen-bond donors (Lipinski definition) is 4. The number of carbonyl (C=O) groups excluding carboxylic acids is 2. The second-order valence-electron chi connectivity index (χ2n) is 8.05. The maximum Gasteiger partial charge on any atom is 0.290 e. The van der Waals surface area contributed by atoms with Crippen molar-refractivity contribution >= 4 is 18.3 Å². The van der Waals surface area contributed by atoms with Crippen LogP contribution in [0, 0.1) is 19.8 Å². The molecule has 0 radical (unpaired) electrons. The summed E-state index contributed by atoms with van der Waals surface area (Å²) in [6.07, 6.45) is 1.97. The number of nitrogens with zero attached hydrogens (tertiary/aromatic N) is 3. The van der Waals surface area contributed by atoms with E-state index in [1.165, 1.54) is 0 Å². The molecule has 4 N–H and O–H groups in total. The molecule has 1 aliphatic carbocycles. The average molecular weight is 424 g/mol. The zero-order valence-electron chi connectivity index (χ0n) is 17.9. The number of amides is 2. The summed E-state index contributed by atoms with van der Waals surface area (Å²) < 4.78 is 0. The maximum absolute atomic E-state index is 12.9. The predicted molar refractivity (Wildman–Crippen MR) is 110 cm³/mol.